The molecule has 1 amide bonds. The standard InChI is InChI=1S/C17H16N4O2/c1-10-15(21-17(23-10)12-8-18-9-12)16(22)20-13-5-4-11-3-2-6-19-14(11)7-13/h2-7,12,18H,8-9H2,1H3,(H,20,22). The largest absolute Gasteiger partial charge is 0.445 e. The Morgan fingerprint density at radius 1 is 1.35 bits per heavy atom. The maximum atomic E-state index is 12.4. The first-order valence-electron chi connectivity index (χ1n) is 7.55. The number of carbonyl (C=O) groups is 1. The van der Waals surface area contributed by atoms with Gasteiger partial charge in [-0.3, -0.25) is 9.78 Å². The highest BCUT2D eigenvalue weighted by atomic mass is 16.4. The maximum absolute atomic E-state index is 12.4. The molecular formula is C17H16N4O2. The summed E-state index contributed by atoms with van der Waals surface area (Å²) in [6.07, 6.45) is 1.73. The Morgan fingerprint density at radius 2 is 2.22 bits per heavy atom. The predicted molar refractivity (Wildman–Crippen MR) is 86.5 cm³/mol. The van der Waals surface area contributed by atoms with E-state index >= 15 is 0 Å². The van der Waals surface area contributed by atoms with Crippen LogP contribution in [0.15, 0.2) is 40.9 Å². The summed E-state index contributed by atoms with van der Waals surface area (Å²) in [6, 6.07) is 9.50. The van der Waals surface area contributed by atoms with Gasteiger partial charge in [0.05, 0.1) is 11.4 Å². The summed E-state index contributed by atoms with van der Waals surface area (Å²) in [6.45, 7) is 3.45. The number of oxazole rings is 1. The van der Waals surface area contributed by atoms with Gasteiger partial charge in [0, 0.05) is 30.4 Å². The van der Waals surface area contributed by atoms with Crippen LogP contribution in [0.4, 0.5) is 5.69 Å². The van der Waals surface area contributed by atoms with Crippen molar-refractivity contribution < 1.29 is 9.21 Å². The summed E-state index contributed by atoms with van der Waals surface area (Å²) in [7, 11) is 0. The minimum absolute atomic E-state index is 0.264. The molecule has 3 heterocycles. The molecule has 1 saturated heterocycles. The number of nitrogens with zero attached hydrogens (tertiary/aromatic N) is 2. The number of pyridine rings is 1. The second-order valence-electron chi connectivity index (χ2n) is 5.68. The molecule has 0 spiro atoms. The van der Waals surface area contributed by atoms with Crippen LogP contribution in [0.1, 0.15) is 28.1 Å². The maximum Gasteiger partial charge on any atom is 0.277 e. The Bertz CT molecular complexity index is 883. The predicted octanol–water partition coefficient (Wildman–Crippen LogP) is 2.47. The highest BCUT2D eigenvalue weighted by Crippen LogP contribution is 2.23. The van der Waals surface area contributed by atoms with Crippen LogP contribution < -0.4 is 10.6 Å². The topological polar surface area (TPSA) is 80.0 Å². The van der Waals surface area contributed by atoms with Crippen LogP contribution >= 0.6 is 0 Å². The van der Waals surface area contributed by atoms with Crippen molar-refractivity contribution in [2.75, 3.05) is 18.4 Å². The van der Waals surface area contributed by atoms with E-state index < -0.39 is 0 Å². The van der Waals surface area contributed by atoms with Crippen molar-refractivity contribution in [3.63, 3.8) is 0 Å². The third-order valence-corrected chi connectivity index (χ3v) is 4.02. The van der Waals surface area contributed by atoms with Crippen molar-refractivity contribution in [3.05, 3.63) is 53.9 Å². The quantitative estimate of drug-likeness (QED) is 0.777. The van der Waals surface area contributed by atoms with Crippen molar-refractivity contribution in [2.24, 2.45) is 0 Å². The first-order chi connectivity index (χ1) is 11.2. The fraction of sp³-hybridized carbons (Fsp3) is 0.235. The lowest BCUT2D eigenvalue weighted by atomic mass is 10.0. The summed E-state index contributed by atoms with van der Waals surface area (Å²) in [5.74, 6) is 1.18. The Labute approximate surface area is 132 Å². The van der Waals surface area contributed by atoms with E-state index in [1.54, 1.807) is 13.1 Å². The van der Waals surface area contributed by atoms with Gasteiger partial charge < -0.3 is 15.1 Å². The van der Waals surface area contributed by atoms with Gasteiger partial charge in [0.1, 0.15) is 5.76 Å². The van der Waals surface area contributed by atoms with E-state index in [1.807, 2.05) is 30.3 Å². The summed E-state index contributed by atoms with van der Waals surface area (Å²) in [5, 5.41) is 7.06. The molecule has 0 bridgehead atoms. The van der Waals surface area contributed by atoms with Crippen LogP contribution in [0.2, 0.25) is 0 Å². The second kappa shape index (κ2) is 5.48. The molecule has 4 rings (SSSR count). The van der Waals surface area contributed by atoms with Gasteiger partial charge >= 0.3 is 0 Å². The molecule has 0 radical (unpaired) electrons. The van der Waals surface area contributed by atoms with E-state index in [2.05, 4.69) is 20.6 Å². The first kappa shape index (κ1) is 13.9. The first-order valence-corrected chi connectivity index (χ1v) is 7.55. The number of fused-ring (bicyclic) bond motifs is 1. The van der Waals surface area contributed by atoms with Crippen molar-refractivity contribution >= 4 is 22.5 Å². The number of anilines is 1. The fourth-order valence-electron chi connectivity index (χ4n) is 2.60. The van der Waals surface area contributed by atoms with E-state index in [0.717, 1.165) is 24.0 Å². The number of hydrogen-bond donors (Lipinski definition) is 2. The summed E-state index contributed by atoms with van der Waals surface area (Å²) >= 11 is 0. The van der Waals surface area contributed by atoms with E-state index in [-0.39, 0.29) is 11.8 Å². The number of hydrogen-bond acceptors (Lipinski definition) is 5. The SMILES string of the molecule is Cc1oc(C2CNC2)nc1C(=O)Nc1ccc2cccnc2c1. The molecular weight excluding hydrogens is 292 g/mol. The molecule has 0 atom stereocenters. The zero-order valence-electron chi connectivity index (χ0n) is 12.7. The molecule has 0 unspecified atom stereocenters. The lowest BCUT2D eigenvalue weighted by molar-refractivity contribution is 0.102. The zero-order valence-corrected chi connectivity index (χ0v) is 12.7. The Hall–Kier alpha value is -2.73. The highest BCUT2D eigenvalue weighted by molar-refractivity contribution is 6.04. The number of benzene rings is 1. The van der Waals surface area contributed by atoms with Crippen molar-refractivity contribution in [1.29, 1.82) is 0 Å². The van der Waals surface area contributed by atoms with Gasteiger partial charge in [0.25, 0.3) is 5.91 Å². The number of amides is 1. The molecule has 0 aliphatic carbocycles. The van der Waals surface area contributed by atoms with Crippen molar-refractivity contribution in [3.8, 4) is 0 Å². The smallest absolute Gasteiger partial charge is 0.277 e. The molecule has 1 aromatic carbocycles. The number of aryl methyl sites for hydroxylation is 1. The van der Waals surface area contributed by atoms with Crippen LogP contribution in [0.5, 0.6) is 0 Å². The molecule has 1 fully saturated rings. The average Bonchev–Trinajstić information content (AvgIpc) is 2.87. The second-order valence-corrected chi connectivity index (χ2v) is 5.68. The van der Waals surface area contributed by atoms with E-state index in [1.165, 1.54) is 0 Å². The molecule has 1 aliphatic rings. The number of nitrogens with one attached hydrogen (secondary N) is 2. The number of carbonyl (C=O) groups excluding carboxylic acids is 1. The molecule has 116 valence electrons. The van der Waals surface area contributed by atoms with Crippen LogP contribution in [0.25, 0.3) is 10.9 Å². The Kier molecular flexibility index (Phi) is 3.31. The number of rotatable bonds is 3. The highest BCUT2D eigenvalue weighted by Gasteiger charge is 2.27. The van der Waals surface area contributed by atoms with Gasteiger partial charge in [-0.15, -0.1) is 0 Å². The molecule has 0 saturated carbocycles. The Balaban J connectivity index is 1.57. The van der Waals surface area contributed by atoms with Crippen molar-refractivity contribution in [2.45, 2.75) is 12.8 Å². The van der Waals surface area contributed by atoms with Crippen LogP contribution in [0.3, 0.4) is 0 Å². The summed E-state index contributed by atoms with van der Waals surface area (Å²) in [4.78, 5) is 21.1. The van der Waals surface area contributed by atoms with E-state index in [9.17, 15) is 4.79 Å². The van der Waals surface area contributed by atoms with Crippen LogP contribution in [-0.2, 0) is 0 Å². The molecule has 6 heteroatoms. The lowest BCUT2D eigenvalue weighted by Crippen LogP contribution is -2.40. The monoisotopic (exact) mass is 308 g/mol. The van der Waals surface area contributed by atoms with Gasteiger partial charge in [0.2, 0.25) is 5.89 Å². The molecule has 2 N–H and O–H groups in total. The van der Waals surface area contributed by atoms with Gasteiger partial charge in [-0.2, -0.15) is 0 Å². The molecule has 23 heavy (non-hydrogen) atoms. The van der Waals surface area contributed by atoms with Gasteiger partial charge in [-0.05, 0) is 25.1 Å². The van der Waals surface area contributed by atoms with Crippen molar-refractivity contribution in [1.82, 2.24) is 15.3 Å². The fourth-order valence-corrected chi connectivity index (χ4v) is 2.60. The van der Waals surface area contributed by atoms with Gasteiger partial charge in [-0.25, -0.2) is 4.98 Å². The summed E-state index contributed by atoms with van der Waals surface area (Å²) < 4.78 is 5.62. The molecule has 6 nitrogen and oxygen atoms in total. The van der Waals surface area contributed by atoms with Gasteiger partial charge in [0.15, 0.2) is 5.69 Å². The van der Waals surface area contributed by atoms with Crippen LogP contribution in [-0.4, -0.2) is 29.0 Å². The minimum Gasteiger partial charge on any atom is -0.445 e. The normalized spacial score (nSPS) is 14.7. The lowest BCUT2D eigenvalue weighted by Gasteiger charge is -2.23. The number of aromatic nitrogens is 2. The van der Waals surface area contributed by atoms with E-state index in [0.29, 0.717) is 23.0 Å². The third-order valence-electron chi connectivity index (χ3n) is 4.02. The molecule has 2 aromatic heterocycles. The molecule has 1 aliphatic heterocycles. The van der Waals surface area contributed by atoms with E-state index in [4.69, 9.17) is 4.42 Å². The Morgan fingerprint density at radius 3 is 3.00 bits per heavy atom. The van der Waals surface area contributed by atoms with Crippen LogP contribution in [0, 0.1) is 6.92 Å². The zero-order chi connectivity index (χ0) is 15.8. The summed E-state index contributed by atoms with van der Waals surface area (Å²) in [5.41, 5.74) is 1.87. The van der Waals surface area contributed by atoms with Gasteiger partial charge in [-0.1, -0.05) is 12.1 Å². The average molecular weight is 308 g/mol. The minimum atomic E-state index is -0.264. The third kappa shape index (κ3) is 2.57. The molecule has 3 aromatic rings.